The van der Waals surface area contributed by atoms with Crippen molar-refractivity contribution in [2.45, 2.75) is 27.2 Å². The molecule has 0 radical (unpaired) electrons. The SMILES string of the molecule is C=C(NC)C(C)CC(C)C(C)=O. The third kappa shape index (κ3) is 3.56. The van der Waals surface area contributed by atoms with E-state index >= 15 is 0 Å². The summed E-state index contributed by atoms with van der Waals surface area (Å²) in [6.07, 6.45) is 0.884. The number of rotatable bonds is 5. The van der Waals surface area contributed by atoms with Gasteiger partial charge in [-0.2, -0.15) is 0 Å². The van der Waals surface area contributed by atoms with Crippen LogP contribution in [0.5, 0.6) is 0 Å². The number of allylic oxidation sites excluding steroid dienone is 1. The van der Waals surface area contributed by atoms with Gasteiger partial charge in [-0.25, -0.2) is 0 Å². The highest BCUT2D eigenvalue weighted by Gasteiger charge is 2.13. The molecule has 12 heavy (non-hydrogen) atoms. The Bertz CT molecular complexity index is 175. The summed E-state index contributed by atoms with van der Waals surface area (Å²) in [6, 6.07) is 0. The molecular formula is C10H19NO. The molecule has 2 heteroatoms. The van der Waals surface area contributed by atoms with Gasteiger partial charge in [0.05, 0.1) is 0 Å². The van der Waals surface area contributed by atoms with Crippen LogP contribution in [0.3, 0.4) is 0 Å². The van der Waals surface area contributed by atoms with Crippen molar-refractivity contribution in [2.75, 3.05) is 7.05 Å². The van der Waals surface area contributed by atoms with Gasteiger partial charge < -0.3 is 5.32 Å². The van der Waals surface area contributed by atoms with E-state index in [1.54, 1.807) is 6.92 Å². The van der Waals surface area contributed by atoms with Crippen LogP contribution in [-0.4, -0.2) is 12.8 Å². The standard InChI is InChI=1S/C10H19NO/c1-7(9(3)11-5)6-8(2)10(4)12/h7-8,11H,3,6H2,1-2,4-5H3. The fourth-order valence-corrected chi connectivity index (χ4v) is 1.08. The number of hydrogen-bond acceptors (Lipinski definition) is 2. The molecule has 0 amide bonds. The Morgan fingerprint density at radius 2 is 1.92 bits per heavy atom. The summed E-state index contributed by atoms with van der Waals surface area (Å²) >= 11 is 0. The highest BCUT2D eigenvalue weighted by molar-refractivity contribution is 5.77. The second kappa shape index (κ2) is 4.96. The van der Waals surface area contributed by atoms with Gasteiger partial charge in [-0.05, 0) is 19.3 Å². The molecule has 0 saturated carbocycles. The molecule has 2 unspecified atom stereocenters. The van der Waals surface area contributed by atoms with Gasteiger partial charge in [0.25, 0.3) is 0 Å². The first-order chi connectivity index (χ1) is 5.49. The predicted octanol–water partition coefficient (Wildman–Crippen LogP) is 1.97. The summed E-state index contributed by atoms with van der Waals surface area (Å²) in [5, 5.41) is 3.00. The fourth-order valence-electron chi connectivity index (χ4n) is 1.08. The van der Waals surface area contributed by atoms with Crippen LogP contribution in [0.4, 0.5) is 0 Å². The van der Waals surface area contributed by atoms with Crippen molar-refractivity contribution in [2.24, 2.45) is 11.8 Å². The Hall–Kier alpha value is -0.790. The van der Waals surface area contributed by atoms with Gasteiger partial charge in [-0.1, -0.05) is 20.4 Å². The molecule has 0 rings (SSSR count). The molecule has 0 spiro atoms. The maximum atomic E-state index is 10.9. The van der Waals surface area contributed by atoms with Crippen LogP contribution in [0.15, 0.2) is 12.3 Å². The Morgan fingerprint density at radius 1 is 1.42 bits per heavy atom. The van der Waals surface area contributed by atoms with Crippen molar-refractivity contribution in [1.82, 2.24) is 5.32 Å². The molecule has 0 aromatic heterocycles. The third-order valence-corrected chi connectivity index (χ3v) is 2.32. The number of hydrogen-bond donors (Lipinski definition) is 1. The molecule has 0 fully saturated rings. The summed E-state index contributed by atoms with van der Waals surface area (Å²) in [5.74, 6) is 0.768. The van der Waals surface area contributed by atoms with Crippen molar-refractivity contribution < 1.29 is 4.79 Å². The molecule has 0 aliphatic heterocycles. The van der Waals surface area contributed by atoms with Crippen molar-refractivity contribution in [3.63, 3.8) is 0 Å². The largest absolute Gasteiger partial charge is 0.392 e. The van der Waals surface area contributed by atoms with Gasteiger partial charge in [0.1, 0.15) is 5.78 Å². The third-order valence-electron chi connectivity index (χ3n) is 2.32. The van der Waals surface area contributed by atoms with Crippen LogP contribution in [0.25, 0.3) is 0 Å². The molecule has 0 heterocycles. The molecule has 2 atom stereocenters. The second-order valence-electron chi connectivity index (χ2n) is 3.42. The second-order valence-corrected chi connectivity index (χ2v) is 3.42. The Kier molecular flexibility index (Phi) is 4.64. The fraction of sp³-hybridized carbons (Fsp3) is 0.700. The van der Waals surface area contributed by atoms with Gasteiger partial charge in [-0.15, -0.1) is 0 Å². The van der Waals surface area contributed by atoms with E-state index in [0.29, 0.717) is 5.92 Å². The van der Waals surface area contributed by atoms with Gasteiger partial charge in [0.15, 0.2) is 0 Å². The number of ketones is 1. The average Bonchev–Trinajstić information content (AvgIpc) is 2.02. The van der Waals surface area contributed by atoms with Gasteiger partial charge >= 0.3 is 0 Å². The molecule has 0 saturated heterocycles. The van der Waals surface area contributed by atoms with Crippen LogP contribution in [-0.2, 0) is 4.79 Å². The lowest BCUT2D eigenvalue weighted by Crippen LogP contribution is -2.17. The zero-order valence-electron chi connectivity index (χ0n) is 8.48. The van der Waals surface area contributed by atoms with E-state index in [-0.39, 0.29) is 11.7 Å². The maximum Gasteiger partial charge on any atom is 0.132 e. The van der Waals surface area contributed by atoms with E-state index in [0.717, 1.165) is 12.1 Å². The minimum atomic E-state index is 0.144. The normalized spacial score (nSPS) is 15.0. The van der Waals surface area contributed by atoms with Gasteiger partial charge in [0.2, 0.25) is 0 Å². The summed E-state index contributed by atoms with van der Waals surface area (Å²) in [4.78, 5) is 10.9. The first-order valence-corrected chi connectivity index (χ1v) is 4.36. The minimum absolute atomic E-state index is 0.144. The van der Waals surface area contributed by atoms with E-state index in [1.807, 2.05) is 14.0 Å². The van der Waals surface area contributed by atoms with E-state index in [4.69, 9.17) is 0 Å². The topological polar surface area (TPSA) is 29.1 Å². The first kappa shape index (κ1) is 11.2. The van der Waals surface area contributed by atoms with E-state index in [9.17, 15) is 4.79 Å². The van der Waals surface area contributed by atoms with Crippen LogP contribution >= 0.6 is 0 Å². The van der Waals surface area contributed by atoms with Crippen LogP contribution in [0.2, 0.25) is 0 Å². The summed E-state index contributed by atoms with van der Waals surface area (Å²) < 4.78 is 0. The molecule has 70 valence electrons. The number of nitrogens with one attached hydrogen (secondary N) is 1. The van der Waals surface area contributed by atoms with E-state index in [2.05, 4.69) is 18.8 Å². The van der Waals surface area contributed by atoms with Gasteiger partial charge in [-0.3, -0.25) is 4.79 Å². The van der Waals surface area contributed by atoms with Crippen molar-refractivity contribution in [3.8, 4) is 0 Å². The van der Waals surface area contributed by atoms with E-state index in [1.165, 1.54) is 0 Å². The van der Waals surface area contributed by atoms with Crippen molar-refractivity contribution >= 4 is 5.78 Å². The monoisotopic (exact) mass is 169 g/mol. The molecule has 0 aromatic carbocycles. The number of Topliss-reactive ketones (excluding diaryl/α,β-unsaturated/α-hetero) is 1. The smallest absolute Gasteiger partial charge is 0.132 e. The molecule has 2 nitrogen and oxygen atoms in total. The zero-order chi connectivity index (χ0) is 9.72. The first-order valence-electron chi connectivity index (χ1n) is 4.36. The zero-order valence-corrected chi connectivity index (χ0v) is 8.48. The van der Waals surface area contributed by atoms with Crippen molar-refractivity contribution in [1.29, 1.82) is 0 Å². The maximum absolute atomic E-state index is 10.9. The molecule has 1 N–H and O–H groups in total. The van der Waals surface area contributed by atoms with Crippen LogP contribution in [0, 0.1) is 11.8 Å². The lowest BCUT2D eigenvalue weighted by molar-refractivity contribution is -0.120. The number of carbonyl (C=O) groups is 1. The van der Waals surface area contributed by atoms with E-state index < -0.39 is 0 Å². The lowest BCUT2D eigenvalue weighted by Gasteiger charge is -2.17. The Balaban J connectivity index is 3.91. The molecule has 0 bridgehead atoms. The lowest BCUT2D eigenvalue weighted by atomic mass is 9.93. The quantitative estimate of drug-likeness (QED) is 0.681. The summed E-state index contributed by atoms with van der Waals surface area (Å²) in [7, 11) is 1.86. The van der Waals surface area contributed by atoms with Gasteiger partial charge in [0, 0.05) is 18.7 Å². The predicted molar refractivity (Wildman–Crippen MR) is 51.8 cm³/mol. The summed E-state index contributed by atoms with van der Waals surface area (Å²) in [5.41, 5.74) is 1.00. The molecular weight excluding hydrogens is 150 g/mol. The van der Waals surface area contributed by atoms with Crippen LogP contribution in [0.1, 0.15) is 27.2 Å². The Morgan fingerprint density at radius 3 is 2.25 bits per heavy atom. The minimum Gasteiger partial charge on any atom is -0.392 e. The van der Waals surface area contributed by atoms with Crippen LogP contribution < -0.4 is 5.32 Å². The summed E-state index contributed by atoms with van der Waals surface area (Å²) in [6.45, 7) is 9.54. The highest BCUT2D eigenvalue weighted by Crippen LogP contribution is 2.16. The molecule has 0 aliphatic rings. The Labute approximate surface area is 75.0 Å². The highest BCUT2D eigenvalue weighted by atomic mass is 16.1. The molecule has 0 aliphatic carbocycles. The average molecular weight is 169 g/mol. The number of carbonyl (C=O) groups excluding carboxylic acids is 1. The van der Waals surface area contributed by atoms with Crippen molar-refractivity contribution in [3.05, 3.63) is 12.3 Å². The molecule has 0 aromatic rings.